The highest BCUT2D eigenvalue weighted by molar-refractivity contribution is 5.95. The number of hydrogen-bond acceptors (Lipinski definition) is 3. The molecule has 4 rings (SSSR count). The Balaban J connectivity index is 1.40. The van der Waals surface area contributed by atoms with Crippen molar-refractivity contribution in [1.29, 1.82) is 0 Å². The van der Waals surface area contributed by atoms with Crippen LogP contribution < -0.4 is 0 Å². The second-order valence-electron chi connectivity index (χ2n) is 8.10. The first-order chi connectivity index (χ1) is 14.2. The lowest BCUT2D eigenvalue weighted by Crippen LogP contribution is -2.43. The van der Waals surface area contributed by atoms with Gasteiger partial charge in [0.1, 0.15) is 0 Å². The molecule has 2 saturated heterocycles. The number of nitrogens with zero attached hydrogens (tertiary/aromatic N) is 4. The first-order valence-electron chi connectivity index (χ1n) is 10.8. The predicted octanol–water partition coefficient (Wildman–Crippen LogP) is 2.97. The minimum Gasteiger partial charge on any atom is -0.342 e. The molecule has 0 unspecified atom stereocenters. The van der Waals surface area contributed by atoms with Crippen LogP contribution in [0.1, 0.15) is 54.2 Å². The number of rotatable bonds is 5. The Kier molecular flexibility index (Phi) is 5.97. The fourth-order valence-electron chi connectivity index (χ4n) is 4.55. The SMILES string of the molecule is CCc1c(C(=O)N2CCC(C(=O)N3CCCC3)CC2)cnn1Cc1ccccc1. The molecule has 2 amide bonds. The molecule has 0 bridgehead atoms. The molecule has 3 heterocycles. The van der Waals surface area contributed by atoms with Crippen molar-refractivity contribution in [2.24, 2.45) is 5.92 Å². The predicted molar refractivity (Wildman–Crippen MR) is 112 cm³/mol. The second kappa shape index (κ2) is 8.80. The van der Waals surface area contributed by atoms with Crippen molar-refractivity contribution in [1.82, 2.24) is 19.6 Å². The molecule has 29 heavy (non-hydrogen) atoms. The molecule has 2 aliphatic rings. The number of carbonyl (C=O) groups is 2. The van der Waals surface area contributed by atoms with Gasteiger partial charge in [0.2, 0.25) is 5.91 Å². The number of aromatic nitrogens is 2. The van der Waals surface area contributed by atoms with E-state index in [1.807, 2.05) is 32.7 Å². The van der Waals surface area contributed by atoms with E-state index in [1.54, 1.807) is 6.20 Å². The largest absolute Gasteiger partial charge is 0.342 e. The molecule has 0 atom stereocenters. The lowest BCUT2D eigenvalue weighted by atomic mass is 9.95. The van der Waals surface area contributed by atoms with Gasteiger partial charge >= 0.3 is 0 Å². The quantitative estimate of drug-likeness (QED) is 0.783. The van der Waals surface area contributed by atoms with Gasteiger partial charge in [0.05, 0.1) is 24.0 Å². The van der Waals surface area contributed by atoms with E-state index in [4.69, 9.17) is 0 Å². The highest BCUT2D eigenvalue weighted by atomic mass is 16.2. The van der Waals surface area contributed by atoms with Crippen LogP contribution in [0.5, 0.6) is 0 Å². The molecule has 1 aromatic heterocycles. The number of carbonyl (C=O) groups excluding carboxylic acids is 2. The third-order valence-corrected chi connectivity index (χ3v) is 6.24. The maximum Gasteiger partial charge on any atom is 0.257 e. The maximum atomic E-state index is 13.2. The summed E-state index contributed by atoms with van der Waals surface area (Å²) in [5.74, 6) is 0.413. The van der Waals surface area contributed by atoms with Crippen molar-refractivity contribution in [3.8, 4) is 0 Å². The Bertz CT molecular complexity index is 847. The zero-order valence-electron chi connectivity index (χ0n) is 17.2. The standard InChI is InChI=1S/C23H30N4O2/c1-2-21-20(16-24-27(21)17-18-8-4-3-5-9-18)23(29)26-14-10-19(11-15-26)22(28)25-12-6-7-13-25/h3-5,8-9,16,19H,2,6-7,10-15,17H2,1H3. The first-order valence-corrected chi connectivity index (χ1v) is 10.8. The van der Waals surface area contributed by atoms with Crippen LogP contribution in [0.25, 0.3) is 0 Å². The summed E-state index contributed by atoms with van der Waals surface area (Å²) in [6.45, 7) is 5.84. The molecule has 2 aromatic rings. The molecule has 2 fully saturated rings. The minimum atomic E-state index is 0.0493. The van der Waals surface area contributed by atoms with E-state index >= 15 is 0 Å². The van der Waals surface area contributed by atoms with Gasteiger partial charge < -0.3 is 9.80 Å². The highest BCUT2D eigenvalue weighted by Gasteiger charge is 2.32. The van der Waals surface area contributed by atoms with Crippen LogP contribution in [0.4, 0.5) is 0 Å². The van der Waals surface area contributed by atoms with Gasteiger partial charge in [-0.15, -0.1) is 0 Å². The summed E-state index contributed by atoms with van der Waals surface area (Å²) in [4.78, 5) is 29.7. The van der Waals surface area contributed by atoms with Crippen molar-refractivity contribution >= 4 is 11.8 Å². The number of hydrogen-bond donors (Lipinski definition) is 0. The van der Waals surface area contributed by atoms with E-state index in [-0.39, 0.29) is 11.8 Å². The zero-order chi connectivity index (χ0) is 20.2. The Morgan fingerprint density at radius 3 is 2.34 bits per heavy atom. The molecule has 1 aromatic carbocycles. The molecule has 0 N–H and O–H groups in total. The zero-order valence-corrected chi connectivity index (χ0v) is 17.2. The molecule has 2 aliphatic heterocycles. The van der Waals surface area contributed by atoms with Crippen molar-refractivity contribution < 1.29 is 9.59 Å². The van der Waals surface area contributed by atoms with Crippen LogP contribution in [0, 0.1) is 5.92 Å². The highest BCUT2D eigenvalue weighted by Crippen LogP contribution is 2.24. The third-order valence-electron chi connectivity index (χ3n) is 6.24. The molecule has 6 nitrogen and oxygen atoms in total. The number of piperidine rings is 1. The fraction of sp³-hybridized carbons (Fsp3) is 0.522. The smallest absolute Gasteiger partial charge is 0.257 e. The topological polar surface area (TPSA) is 58.4 Å². The van der Waals surface area contributed by atoms with Gasteiger partial charge in [-0.25, -0.2) is 0 Å². The summed E-state index contributed by atoms with van der Waals surface area (Å²) in [7, 11) is 0. The van der Waals surface area contributed by atoms with E-state index in [0.717, 1.165) is 50.9 Å². The molecule has 0 spiro atoms. The van der Waals surface area contributed by atoms with Crippen LogP contribution in [-0.4, -0.2) is 57.6 Å². The first kappa shape index (κ1) is 19.7. The van der Waals surface area contributed by atoms with Gasteiger partial charge in [-0.1, -0.05) is 37.3 Å². The number of benzene rings is 1. The molecule has 154 valence electrons. The molecule has 6 heteroatoms. The van der Waals surface area contributed by atoms with Gasteiger partial charge in [-0.3, -0.25) is 14.3 Å². The molecule has 0 radical (unpaired) electrons. The van der Waals surface area contributed by atoms with Crippen molar-refractivity contribution in [2.75, 3.05) is 26.2 Å². The second-order valence-corrected chi connectivity index (χ2v) is 8.10. The van der Waals surface area contributed by atoms with E-state index in [9.17, 15) is 9.59 Å². The summed E-state index contributed by atoms with van der Waals surface area (Å²) in [5, 5.41) is 4.50. The van der Waals surface area contributed by atoms with Crippen molar-refractivity contribution in [2.45, 2.75) is 45.6 Å². The summed E-state index contributed by atoms with van der Waals surface area (Å²) < 4.78 is 1.94. The molecule has 0 saturated carbocycles. The monoisotopic (exact) mass is 394 g/mol. The van der Waals surface area contributed by atoms with Crippen molar-refractivity contribution in [3.05, 3.63) is 53.3 Å². The van der Waals surface area contributed by atoms with Gasteiger partial charge in [0.25, 0.3) is 5.91 Å². The van der Waals surface area contributed by atoms with Gasteiger partial charge in [0, 0.05) is 32.1 Å². The minimum absolute atomic E-state index is 0.0493. The van der Waals surface area contributed by atoms with Crippen LogP contribution in [0.2, 0.25) is 0 Å². The fourth-order valence-corrected chi connectivity index (χ4v) is 4.55. The summed E-state index contributed by atoms with van der Waals surface area (Å²) in [6, 6.07) is 10.2. The Morgan fingerprint density at radius 1 is 1.00 bits per heavy atom. The van der Waals surface area contributed by atoms with E-state index in [2.05, 4.69) is 24.2 Å². The Morgan fingerprint density at radius 2 is 1.69 bits per heavy atom. The number of likely N-dealkylation sites (tertiary alicyclic amines) is 2. The molecular formula is C23H30N4O2. The third kappa shape index (κ3) is 4.21. The average molecular weight is 395 g/mol. The van der Waals surface area contributed by atoms with Gasteiger partial charge in [-0.2, -0.15) is 5.10 Å². The van der Waals surface area contributed by atoms with Crippen LogP contribution >= 0.6 is 0 Å². The summed E-state index contributed by atoms with van der Waals surface area (Å²) >= 11 is 0. The van der Waals surface area contributed by atoms with Crippen molar-refractivity contribution in [3.63, 3.8) is 0 Å². The molecule has 0 aliphatic carbocycles. The van der Waals surface area contributed by atoms with Gasteiger partial charge in [0.15, 0.2) is 0 Å². The van der Waals surface area contributed by atoms with Crippen LogP contribution in [0.3, 0.4) is 0 Å². The van der Waals surface area contributed by atoms with Gasteiger partial charge in [-0.05, 0) is 37.7 Å². The molecular weight excluding hydrogens is 364 g/mol. The van der Waals surface area contributed by atoms with E-state index in [0.29, 0.717) is 31.1 Å². The Labute approximate surface area is 172 Å². The summed E-state index contributed by atoms with van der Waals surface area (Å²) in [5.41, 5.74) is 2.85. The normalized spacial score (nSPS) is 17.7. The average Bonchev–Trinajstić information content (AvgIpc) is 3.44. The lowest BCUT2D eigenvalue weighted by Gasteiger charge is -2.33. The van der Waals surface area contributed by atoms with Crippen LogP contribution in [0.15, 0.2) is 36.5 Å². The summed E-state index contributed by atoms with van der Waals surface area (Å²) in [6.07, 6.45) is 6.25. The van der Waals surface area contributed by atoms with E-state index in [1.165, 1.54) is 5.56 Å². The number of amides is 2. The Hall–Kier alpha value is -2.63. The maximum absolute atomic E-state index is 13.2. The van der Waals surface area contributed by atoms with Crippen LogP contribution in [-0.2, 0) is 17.8 Å². The van der Waals surface area contributed by atoms with E-state index < -0.39 is 0 Å². The lowest BCUT2D eigenvalue weighted by molar-refractivity contribution is -0.135.